The zero-order chi connectivity index (χ0) is 19.2. The Hall–Kier alpha value is -1.67. The number of nitrogens with zero attached hydrogens (tertiary/aromatic N) is 3. The largest absolute Gasteiger partial charge is 0.381 e. The summed E-state index contributed by atoms with van der Waals surface area (Å²) in [6, 6.07) is 0.434. The van der Waals surface area contributed by atoms with Gasteiger partial charge < -0.3 is 24.8 Å². The molecule has 1 atom stereocenters. The molecule has 0 saturated carbocycles. The van der Waals surface area contributed by atoms with Crippen molar-refractivity contribution in [3.05, 3.63) is 11.7 Å². The molecule has 8 nitrogen and oxygen atoms in total. The molecule has 3 rings (SSSR count). The second kappa shape index (κ2) is 9.50. The van der Waals surface area contributed by atoms with E-state index in [1.165, 1.54) is 0 Å². The first-order chi connectivity index (χ1) is 13.1. The fraction of sp³-hybridized carbons (Fsp3) is 0.842. The summed E-state index contributed by atoms with van der Waals surface area (Å²) in [6.07, 6.45) is 3.85. The Morgan fingerprint density at radius 2 is 1.93 bits per heavy atom. The van der Waals surface area contributed by atoms with E-state index in [1.54, 1.807) is 0 Å². The van der Waals surface area contributed by atoms with Crippen molar-refractivity contribution >= 4 is 6.03 Å². The van der Waals surface area contributed by atoms with Crippen molar-refractivity contribution in [2.75, 3.05) is 32.8 Å². The number of ether oxygens (including phenoxy) is 1. The minimum Gasteiger partial charge on any atom is -0.381 e. The Balaban J connectivity index is 1.64. The van der Waals surface area contributed by atoms with Gasteiger partial charge in [0.15, 0.2) is 5.82 Å². The van der Waals surface area contributed by atoms with Crippen molar-refractivity contribution in [2.24, 2.45) is 5.92 Å². The molecule has 3 heterocycles. The summed E-state index contributed by atoms with van der Waals surface area (Å²) in [4.78, 5) is 18.6. The number of amides is 2. The van der Waals surface area contributed by atoms with Crippen molar-refractivity contribution < 1.29 is 14.1 Å². The van der Waals surface area contributed by atoms with Gasteiger partial charge in [-0.1, -0.05) is 19.0 Å². The predicted molar refractivity (Wildman–Crippen MR) is 101 cm³/mol. The summed E-state index contributed by atoms with van der Waals surface area (Å²) in [5.41, 5.74) is 0. The fourth-order valence-electron chi connectivity index (χ4n) is 3.83. The number of likely N-dealkylation sites (tertiary alicyclic amines) is 1. The molecule has 2 aliphatic heterocycles. The molecule has 2 amide bonds. The molecular formula is C19H33N5O3. The van der Waals surface area contributed by atoms with Gasteiger partial charge >= 0.3 is 6.03 Å². The van der Waals surface area contributed by atoms with Crippen LogP contribution in [0.5, 0.6) is 0 Å². The average molecular weight is 380 g/mol. The molecule has 152 valence electrons. The third kappa shape index (κ3) is 5.19. The lowest BCUT2D eigenvalue weighted by Gasteiger charge is -2.36. The maximum atomic E-state index is 12.0. The number of nitrogens with one attached hydrogen (secondary N) is 2. The van der Waals surface area contributed by atoms with Crippen molar-refractivity contribution in [1.29, 1.82) is 0 Å². The normalized spacial score (nSPS) is 20.8. The highest BCUT2D eigenvalue weighted by Crippen LogP contribution is 2.31. The molecule has 0 bridgehead atoms. The molecule has 2 N–H and O–H groups in total. The van der Waals surface area contributed by atoms with Gasteiger partial charge in [0, 0.05) is 44.8 Å². The third-order valence-corrected chi connectivity index (χ3v) is 5.50. The Labute approximate surface area is 161 Å². The number of piperidine rings is 1. The van der Waals surface area contributed by atoms with Crippen LogP contribution in [-0.2, 0) is 4.74 Å². The van der Waals surface area contributed by atoms with Crippen molar-refractivity contribution in [1.82, 2.24) is 25.7 Å². The first kappa shape index (κ1) is 20.1. The van der Waals surface area contributed by atoms with E-state index in [1.807, 2.05) is 11.8 Å². The SMILES string of the molecule is CCNC(=O)N1CCC(N[C@@H](c2nc(C(C)C)no2)C2CCOCC2)CC1. The van der Waals surface area contributed by atoms with E-state index in [0.29, 0.717) is 24.4 Å². The Kier molecular flexibility index (Phi) is 7.07. The highest BCUT2D eigenvalue weighted by molar-refractivity contribution is 5.74. The van der Waals surface area contributed by atoms with Crippen molar-refractivity contribution in [2.45, 2.75) is 64.5 Å². The summed E-state index contributed by atoms with van der Waals surface area (Å²) in [5.74, 6) is 2.13. The number of hydrogen-bond acceptors (Lipinski definition) is 6. The Morgan fingerprint density at radius 1 is 1.22 bits per heavy atom. The van der Waals surface area contributed by atoms with Gasteiger partial charge in [-0.05, 0) is 38.5 Å². The van der Waals surface area contributed by atoms with Crippen LogP contribution in [0.1, 0.15) is 70.1 Å². The number of hydrogen-bond donors (Lipinski definition) is 2. The third-order valence-electron chi connectivity index (χ3n) is 5.50. The van der Waals surface area contributed by atoms with Crippen LogP contribution in [0, 0.1) is 5.92 Å². The summed E-state index contributed by atoms with van der Waals surface area (Å²) in [5, 5.41) is 10.8. The maximum Gasteiger partial charge on any atom is 0.317 e. The number of carbonyl (C=O) groups excluding carboxylic acids is 1. The Bertz CT molecular complexity index is 592. The standard InChI is InChI=1S/C19H33N5O3/c1-4-20-19(25)24-9-5-15(6-10-24)21-16(14-7-11-26-12-8-14)18-22-17(13(2)3)23-27-18/h13-16,21H,4-12H2,1-3H3,(H,20,25)/t16-/m1/s1. The molecule has 8 heteroatoms. The van der Waals surface area contributed by atoms with Crippen LogP contribution in [-0.4, -0.2) is 60.0 Å². The lowest BCUT2D eigenvalue weighted by Crippen LogP contribution is -2.49. The second-order valence-electron chi connectivity index (χ2n) is 7.84. The summed E-state index contributed by atoms with van der Waals surface area (Å²) in [6.45, 7) is 9.85. The number of aromatic nitrogens is 2. The monoisotopic (exact) mass is 379 g/mol. The lowest BCUT2D eigenvalue weighted by molar-refractivity contribution is 0.0449. The van der Waals surface area contributed by atoms with Gasteiger partial charge in [0.1, 0.15) is 0 Å². The van der Waals surface area contributed by atoms with Gasteiger partial charge in [-0.25, -0.2) is 4.79 Å². The molecule has 1 aromatic rings. The van der Waals surface area contributed by atoms with Crippen molar-refractivity contribution in [3.8, 4) is 0 Å². The van der Waals surface area contributed by atoms with Crippen LogP contribution in [0.2, 0.25) is 0 Å². The number of urea groups is 1. The average Bonchev–Trinajstić information content (AvgIpc) is 3.18. The summed E-state index contributed by atoms with van der Waals surface area (Å²) in [7, 11) is 0. The maximum absolute atomic E-state index is 12.0. The quantitative estimate of drug-likeness (QED) is 0.789. The van der Waals surface area contributed by atoms with E-state index in [2.05, 4.69) is 34.6 Å². The van der Waals surface area contributed by atoms with Gasteiger partial charge in [-0.2, -0.15) is 4.98 Å². The van der Waals surface area contributed by atoms with Gasteiger partial charge in [-0.15, -0.1) is 0 Å². The van der Waals surface area contributed by atoms with Crippen LogP contribution in [0.15, 0.2) is 4.52 Å². The first-order valence-electron chi connectivity index (χ1n) is 10.3. The van der Waals surface area contributed by atoms with E-state index in [4.69, 9.17) is 9.26 Å². The molecule has 0 radical (unpaired) electrons. The minimum atomic E-state index is 0.0374. The number of carbonyl (C=O) groups is 1. The zero-order valence-electron chi connectivity index (χ0n) is 16.7. The molecule has 2 saturated heterocycles. The summed E-state index contributed by atoms with van der Waals surface area (Å²) >= 11 is 0. The summed E-state index contributed by atoms with van der Waals surface area (Å²) < 4.78 is 11.2. The molecule has 0 unspecified atom stereocenters. The lowest BCUT2D eigenvalue weighted by atomic mass is 9.90. The molecule has 0 spiro atoms. The van der Waals surface area contributed by atoms with E-state index in [-0.39, 0.29) is 18.0 Å². The molecule has 1 aromatic heterocycles. The predicted octanol–water partition coefficient (Wildman–Crippen LogP) is 2.44. The van der Waals surface area contributed by atoms with E-state index < -0.39 is 0 Å². The van der Waals surface area contributed by atoms with Crippen LogP contribution >= 0.6 is 0 Å². The van der Waals surface area contributed by atoms with Gasteiger partial charge in [0.25, 0.3) is 0 Å². The number of rotatable bonds is 6. The highest BCUT2D eigenvalue weighted by atomic mass is 16.5. The van der Waals surface area contributed by atoms with Gasteiger partial charge in [0.05, 0.1) is 6.04 Å². The topological polar surface area (TPSA) is 92.5 Å². The first-order valence-corrected chi connectivity index (χ1v) is 10.3. The Morgan fingerprint density at radius 3 is 2.52 bits per heavy atom. The minimum absolute atomic E-state index is 0.0374. The van der Waals surface area contributed by atoms with Gasteiger partial charge in [-0.3, -0.25) is 0 Å². The molecule has 0 aromatic carbocycles. The fourth-order valence-corrected chi connectivity index (χ4v) is 3.83. The van der Waals surface area contributed by atoms with Crippen LogP contribution in [0.3, 0.4) is 0 Å². The van der Waals surface area contributed by atoms with E-state index >= 15 is 0 Å². The van der Waals surface area contributed by atoms with Crippen LogP contribution < -0.4 is 10.6 Å². The van der Waals surface area contributed by atoms with Crippen LogP contribution in [0.25, 0.3) is 0 Å². The molecule has 27 heavy (non-hydrogen) atoms. The van der Waals surface area contributed by atoms with E-state index in [9.17, 15) is 4.79 Å². The van der Waals surface area contributed by atoms with Crippen molar-refractivity contribution in [3.63, 3.8) is 0 Å². The smallest absolute Gasteiger partial charge is 0.317 e. The second-order valence-corrected chi connectivity index (χ2v) is 7.84. The van der Waals surface area contributed by atoms with Gasteiger partial charge in [0.2, 0.25) is 5.89 Å². The molecule has 0 aliphatic carbocycles. The van der Waals surface area contributed by atoms with Crippen LogP contribution in [0.4, 0.5) is 4.79 Å². The molecule has 2 fully saturated rings. The molecular weight excluding hydrogens is 346 g/mol. The van der Waals surface area contributed by atoms with E-state index in [0.717, 1.165) is 57.8 Å². The highest BCUT2D eigenvalue weighted by Gasteiger charge is 2.33. The molecule has 2 aliphatic rings. The zero-order valence-corrected chi connectivity index (χ0v) is 16.7.